The molecule has 1 heterocycles. The summed E-state index contributed by atoms with van der Waals surface area (Å²) in [5, 5.41) is 8.79. The Morgan fingerprint density at radius 1 is 1.18 bits per heavy atom. The minimum absolute atomic E-state index is 0.0777. The Kier molecular flexibility index (Phi) is 3.61. The Morgan fingerprint density at radius 2 is 1.82 bits per heavy atom. The molecule has 10 heteroatoms. The fourth-order valence-electron chi connectivity index (χ4n) is 1.69. The van der Waals surface area contributed by atoms with Gasteiger partial charge in [0, 0.05) is 6.07 Å². The number of nitrogens with zero attached hydrogens (tertiary/aromatic N) is 1. The molecular formula is C12H6F4N2O4. The number of alkyl halides is 3. The number of H-pyrrole nitrogens is 1. The van der Waals surface area contributed by atoms with Crippen LogP contribution in [0.4, 0.5) is 17.6 Å². The molecule has 22 heavy (non-hydrogen) atoms. The van der Waals surface area contributed by atoms with Crippen molar-refractivity contribution < 1.29 is 27.5 Å². The molecule has 0 unspecified atom stereocenters. The number of carboxylic acids is 1. The summed E-state index contributed by atoms with van der Waals surface area (Å²) in [5.74, 6) is -2.60. The second kappa shape index (κ2) is 5.13. The first-order chi connectivity index (χ1) is 10.1. The first-order valence-corrected chi connectivity index (χ1v) is 5.58. The van der Waals surface area contributed by atoms with Crippen molar-refractivity contribution in [1.82, 2.24) is 9.55 Å². The Hall–Kier alpha value is -2.91. The van der Waals surface area contributed by atoms with Crippen molar-refractivity contribution in [3.05, 3.63) is 62.2 Å². The van der Waals surface area contributed by atoms with E-state index in [9.17, 15) is 31.9 Å². The highest BCUT2D eigenvalue weighted by Gasteiger charge is 2.33. The van der Waals surface area contributed by atoms with Gasteiger partial charge in [-0.15, -0.1) is 0 Å². The van der Waals surface area contributed by atoms with Crippen LogP contribution >= 0.6 is 0 Å². The van der Waals surface area contributed by atoms with Crippen LogP contribution in [-0.2, 0) is 6.18 Å². The number of hydrogen-bond acceptors (Lipinski definition) is 3. The van der Waals surface area contributed by atoms with Crippen molar-refractivity contribution in [2.75, 3.05) is 0 Å². The van der Waals surface area contributed by atoms with Gasteiger partial charge in [-0.05, 0) is 18.2 Å². The highest BCUT2D eigenvalue weighted by Crippen LogP contribution is 2.25. The predicted molar refractivity (Wildman–Crippen MR) is 64.6 cm³/mol. The lowest BCUT2D eigenvalue weighted by molar-refractivity contribution is -0.141. The normalized spacial score (nSPS) is 11.5. The smallest absolute Gasteiger partial charge is 0.431 e. The Balaban J connectivity index is 2.75. The molecule has 0 spiro atoms. The van der Waals surface area contributed by atoms with Crippen LogP contribution in [0, 0.1) is 5.82 Å². The van der Waals surface area contributed by atoms with Gasteiger partial charge in [0.25, 0.3) is 5.56 Å². The first-order valence-electron chi connectivity index (χ1n) is 5.58. The quantitative estimate of drug-likeness (QED) is 0.818. The van der Waals surface area contributed by atoms with E-state index in [1.54, 1.807) is 0 Å². The zero-order valence-corrected chi connectivity index (χ0v) is 10.4. The van der Waals surface area contributed by atoms with Crippen molar-refractivity contribution in [3.8, 4) is 5.69 Å². The lowest BCUT2D eigenvalue weighted by Crippen LogP contribution is -2.36. The van der Waals surface area contributed by atoms with E-state index in [4.69, 9.17) is 5.11 Å². The van der Waals surface area contributed by atoms with Crippen LogP contribution in [0.25, 0.3) is 5.69 Å². The molecule has 0 bridgehead atoms. The van der Waals surface area contributed by atoms with E-state index < -0.39 is 46.2 Å². The van der Waals surface area contributed by atoms with Crippen molar-refractivity contribution in [1.29, 1.82) is 0 Å². The number of carbonyl (C=O) groups is 1. The lowest BCUT2D eigenvalue weighted by atomic mass is 10.2. The molecule has 1 aromatic heterocycles. The third-order valence-corrected chi connectivity index (χ3v) is 2.67. The average molecular weight is 318 g/mol. The number of carboxylic acid groups (broad SMARTS) is 1. The maximum atomic E-state index is 13.7. The Bertz CT molecular complexity index is 835. The third kappa shape index (κ3) is 2.75. The van der Waals surface area contributed by atoms with Gasteiger partial charge in [0.1, 0.15) is 11.5 Å². The van der Waals surface area contributed by atoms with Gasteiger partial charge >= 0.3 is 17.8 Å². The number of rotatable bonds is 2. The number of benzene rings is 1. The number of aromatic nitrogens is 2. The van der Waals surface area contributed by atoms with Crippen molar-refractivity contribution in [3.63, 3.8) is 0 Å². The number of nitrogens with one attached hydrogen (secondary N) is 1. The molecule has 0 aliphatic rings. The molecule has 0 radical (unpaired) electrons. The van der Waals surface area contributed by atoms with Gasteiger partial charge in [-0.1, -0.05) is 0 Å². The zero-order chi connectivity index (χ0) is 16.7. The van der Waals surface area contributed by atoms with Crippen LogP contribution in [-0.4, -0.2) is 20.6 Å². The summed E-state index contributed by atoms with van der Waals surface area (Å²) >= 11 is 0. The van der Waals surface area contributed by atoms with E-state index in [2.05, 4.69) is 0 Å². The molecule has 0 fully saturated rings. The van der Waals surface area contributed by atoms with E-state index in [1.165, 1.54) is 4.98 Å². The van der Waals surface area contributed by atoms with Gasteiger partial charge in [0.05, 0.1) is 11.3 Å². The van der Waals surface area contributed by atoms with Crippen molar-refractivity contribution in [2.45, 2.75) is 6.18 Å². The molecule has 1 aromatic carbocycles. The molecule has 116 valence electrons. The molecule has 0 aliphatic heterocycles. The largest absolute Gasteiger partial charge is 0.478 e. The summed E-state index contributed by atoms with van der Waals surface area (Å²) in [6, 6.07) is 2.31. The fraction of sp³-hybridized carbons (Fsp3) is 0.0833. The number of aromatic carboxylic acids is 1. The highest BCUT2D eigenvalue weighted by atomic mass is 19.4. The van der Waals surface area contributed by atoms with E-state index in [-0.39, 0.29) is 10.6 Å². The topological polar surface area (TPSA) is 92.2 Å². The summed E-state index contributed by atoms with van der Waals surface area (Å²) in [4.78, 5) is 35.5. The predicted octanol–water partition coefficient (Wildman–Crippen LogP) is 1.38. The second-order valence-corrected chi connectivity index (χ2v) is 4.13. The molecule has 2 rings (SSSR count). The maximum Gasteiger partial charge on any atom is 0.431 e. The van der Waals surface area contributed by atoms with Crippen LogP contribution in [0.5, 0.6) is 0 Å². The molecule has 0 aliphatic carbocycles. The van der Waals surface area contributed by atoms with Crippen LogP contribution in [0.3, 0.4) is 0 Å². The van der Waals surface area contributed by atoms with Crippen LogP contribution in [0.2, 0.25) is 0 Å². The third-order valence-electron chi connectivity index (χ3n) is 2.67. The summed E-state index contributed by atoms with van der Waals surface area (Å²) in [6.45, 7) is 0. The van der Waals surface area contributed by atoms with E-state index in [0.29, 0.717) is 12.1 Å². The van der Waals surface area contributed by atoms with Gasteiger partial charge in [-0.3, -0.25) is 4.79 Å². The first kappa shape index (κ1) is 15.5. The summed E-state index contributed by atoms with van der Waals surface area (Å²) in [7, 11) is 0. The van der Waals surface area contributed by atoms with Gasteiger partial charge in [0.15, 0.2) is 0 Å². The second-order valence-electron chi connectivity index (χ2n) is 4.13. The summed E-state index contributed by atoms with van der Waals surface area (Å²) < 4.78 is 51.1. The lowest BCUT2D eigenvalue weighted by Gasteiger charge is -2.10. The number of halogens is 4. The monoisotopic (exact) mass is 318 g/mol. The van der Waals surface area contributed by atoms with Crippen LogP contribution in [0.1, 0.15) is 16.1 Å². The molecule has 6 nitrogen and oxygen atoms in total. The van der Waals surface area contributed by atoms with Gasteiger partial charge < -0.3 is 10.1 Å². The molecule has 0 saturated carbocycles. The van der Waals surface area contributed by atoms with Gasteiger partial charge in [-0.2, -0.15) is 13.2 Å². The van der Waals surface area contributed by atoms with E-state index >= 15 is 0 Å². The molecule has 0 amide bonds. The molecule has 0 atom stereocenters. The molecule has 0 saturated heterocycles. The van der Waals surface area contributed by atoms with Gasteiger partial charge in [0.2, 0.25) is 0 Å². The Morgan fingerprint density at radius 3 is 2.32 bits per heavy atom. The Labute approximate surface area is 118 Å². The van der Waals surface area contributed by atoms with Gasteiger partial charge in [-0.25, -0.2) is 18.5 Å². The average Bonchev–Trinajstić information content (AvgIpc) is 2.38. The van der Waals surface area contributed by atoms with Crippen molar-refractivity contribution >= 4 is 5.97 Å². The van der Waals surface area contributed by atoms with E-state index in [0.717, 1.165) is 6.07 Å². The van der Waals surface area contributed by atoms with E-state index in [1.807, 2.05) is 0 Å². The highest BCUT2D eigenvalue weighted by molar-refractivity contribution is 5.88. The van der Waals surface area contributed by atoms with Crippen LogP contribution < -0.4 is 11.2 Å². The summed E-state index contributed by atoms with van der Waals surface area (Å²) in [6.07, 6.45) is -4.96. The molecule has 2 N–H and O–H groups in total. The zero-order valence-electron chi connectivity index (χ0n) is 10.4. The van der Waals surface area contributed by atoms with Crippen LogP contribution in [0.15, 0.2) is 33.9 Å². The standard InChI is InChI=1S/C12H6F4N2O4/c13-6-2-1-5(10(20)21)3-7(6)18-9(19)4-8(12(14,15)16)17-11(18)22/h1-4H,(H,17,22)(H,20,21). The molecule has 2 aromatic rings. The van der Waals surface area contributed by atoms with Crippen molar-refractivity contribution in [2.24, 2.45) is 0 Å². The fourth-order valence-corrected chi connectivity index (χ4v) is 1.69. The minimum Gasteiger partial charge on any atom is -0.478 e. The SMILES string of the molecule is O=C(O)c1ccc(F)c(-n2c(=O)cc(C(F)(F)F)[nH]c2=O)c1. The molecular weight excluding hydrogens is 312 g/mol. The minimum atomic E-state index is -4.96. The summed E-state index contributed by atoms with van der Waals surface area (Å²) in [5.41, 5.74) is -5.78. The maximum absolute atomic E-state index is 13.7. The number of aromatic amines is 1. The number of hydrogen-bond donors (Lipinski definition) is 2.